The third kappa shape index (κ3) is 5.77. The summed E-state index contributed by atoms with van der Waals surface area (Å²) in [6.07, 6.45) is 1.65. The van der Waals surface area contributed by atoms with Gasteiger partial charge in [0, 0.05) is 44.6 Å². The predicted molar refractivity (Wildman–Crippen MR) is 135 cm³/mol. The first kappa shape index (κ1) is 23.3. The lowest BCUT2D eigenvalue weighted by atomic mass is 10.1. The van der Waals surface area contributed by atoms with Crippen LogP contribution < -0.4 is 19.5 Å². The number of fused-ring (bicyclic) bond motifs is 1. The highest BCUT2D eigenvalue weighted by atomic mass is 16.7. The van der Waals surface area contributed by atoms with E-state index in [1.54, 1.807) is 30.5 Å². The summed E-state index contributed by atoms with van der Waals surface area (Å²) in [7, 11) is 0. The lowest BCUT2D eigenvalue weighted by molar-refractivity contribution is -0.112. The van der Waals surface area contributed by atoms with Crippen LogP contribution in [-0.2, 0) is 11.3 Å². The van der Waals surface area contributed by atoms with Gasteiger partial charge >= 0.3 is 0 Å². The van der Waals surface area contributed by atoms with Gasteiger partial charge in [0.25, 0.3) is 5.91 Å². The number of hydrogen-bond donors (Lipinski definition) is 1. The number of carbonyl (C=O) groups is 1. The second kappa shape index (κ2) is 10.8. The Morgan fingerprint density at radius 1 is 0.944 bits per heavy atom. The molecule has 36 heavy (non-hydrogen) atoms. The quantitative estimate of drug-likeness (QED) is 0.395. The van der Waals surface area contributed by atoms with Crippen molar-refractivity contribution in [2.75, 3.05) is 38.3 Å². The van der Waals surface area contributed by atoms with Crippen LogP contribution in [0.2, 0.25) is 0 Å². The van der Waals surface area contributed by atoms with Crippen molar-refractivity contribution in [1.82, 2.24) is 9.80 Å². The molecule has 5 rings (SSSR count). The van der Waals surface area contributed by atoms with Gasteiger partial charge in [-0.1, -0.05) is 24.3 Å². The zero-order valence-corrected chi connectivity index (χ0v) is 19.7. The molecular weight excluding hydrogens is 456 g/mol. The number of para-hydroxylation sites is 1. The Kier molecular flexibility index (Phi) is 7.01. The third-order valence-electron chi connectivity index (χ3n) is 6.02. The van der Waals surface area contributed by atoms with Crippen LogP contribution in [0.3, 0.4) is 0 Å². The van der Waals surface area contributed by atoms with Crippen LogP contribution in [0.4, 0.5) is 5.69 Å². The molecule has 0 aromatic heterocycles. The van der Waals surface area contributed by atoms with E-state index in [4.69, 9.17) is 14.2 Å². The molecule has 0 saturated carbocycles. The molecule has 2 aliphatic rings. The van der Waals surface area contributed by atoms with Crippen molar-refractivity contribution in [3.8, 4) is 29.1 Å². The van der Waals surface area contributed by atoms with Gasteiger partial charge in [-0.2, -0.15) is 5.26 Å². The second-order valence-corrected chi connectivity index (χ2v) is 8.55. The van der Waals surface area contributed by atoms with E-state index in [2.05, 4.69) is 16.3 Å². The van der Waals surface area contributed by atoms with Crippen LogP contribution >= 0.6 is 0 Å². The molecule has 1 N–H and O–H groups in total. The summed E-state index contributed by atoms with van der Waals surface area (Å²) >= 11 is 0. The average molecular weight is 483 g/mol. The maximum atomic E-state index is 12.7. The first-order valence-corrected chi connectivity index (χ1v) is 11.8. The molecule has 3 aromatic rings. The van der Waals surface area contributed by atoms with Crippen molar-refractivity contribution in [1.29, 1.82) is 5.26 Å². The van der Waals surface area contributed by atoms with Gasteiger partial charge in [0.05, 0.1) is 0 Å². The fourth-order valence-electron chi connectivity index (χ4n) is 4.10. The van der Waals surface area contributed by atoms with Crippen molar-refractivity contribution in [3.63, 3.8) is 0 Å². The molecule has 0 unspecified atom stereocenters. The van der Waals surface area contributed by atoms with Gasteiger partial charge in [-0.3, -0.25) is 9.69 Å². The molecule has 0 spiro atoms. The Balaban J connectivity index is 1.12. The zero-order valence-electron chi connectivity index (χ0n) is 19.7. The van der Waals surface area contributed by atoms with E-state index >= 15 is 0 Å². The van der Waals surface area contributed by atoms with E-state index < -0.39 is 5.91 Å². The number of rotatable bonds is 7. The third-order valence-corrected chi connectivity index (χ3v) is 6.02. The number of anilines is 1. The van der Waals surface area contributed by atoms with Gasteiger partial charge < -0.3 is 24.4 Å². The van der Waals surface area contributed by atoms with Gasteiger partial charge in [-0.05, 0) is 54.1 Å². The van der Waals surface area contributed by atoms with Crippen molar-refractivity contribution in [3.05, 3.63) is 90.1 Å². The van der Waals surface area contributed by atoms with Gasteiger partial charge in [-0.15, -0.1) is 0 Å². The molecule has 0 atom stereocenters. The first-order chi connectivity index (χ1) is 17.7. The fourth-order valence-corrected chi connectivity index (χ4v) is 4.10. The molecule has 0 bridgehead atoms. The van der Waals surface area contributed by atoms with Crippen LogP contribution in [0.15, 0.2) is 84.6 Å². The number of hydrogen-bond acceptors (Lipinski definition) is 7. The molecule has 1 amide bonds. The monoisotopic (exact) mass is 482 g/mol. The van der Waals surface area contributed by atoms with Crippen LogP contribution in [0.5, 0.6) is 23.0 Å². The summed E-state index contributed by atoms with van der Waals surface area (Å²) < 4.78 is 16.6. The number of nitrogens with one attached hydrogen (secondary N) is 1. The van der Waals surface area contributed by atoms with E-state index in [-0.39, 0.29) is 12.4 Å². The SMILES string of the molecule is N#C/C(=C/N1CCN(Cc2ccc3c(c2)OCO3)CC1)C(=O)Nc1ccc(Oc2ccccc2)cc1. The summed E-state index contributed by atoms with van der Waals surface area (Å²) in [6, 6.07) is 24.6. The maximum absolute atomic E-state index is 12.7. The van der Waals surface area contributed by atoms with E-state index in [0.29, 0.717) is 11.4 Å². The molecule has 2 aliphatic heterocycles. The molecule has 8 nitrogen and oxygen atoms in total. The van der Waals surface area contributed by atoms with E-state index in [9.17, 15) is 10.1 Å². The second-order valence-electron chi connectivity index (χ2n) is 8.55. The van der Waals surface area contributed by atoms with Gasteiger partial charge in [0.15, 0.2) is 11.5 Å². The summed E-state index contributed by atoms with van der Waals surface area (Å²) in [4.78, 5) is 17.1. The van der Waals surface area contributed by atoms with Crippen molar-refractivity contribution < 1.29 is 19.0 Å². The summed E-state index contributed by atoms with van der Waals surface area (Å²) in [5.41, 5.74) is 1.83. The molecule has 182 valence electrons. The zero-order chi connectivity index (χ0) is 24.7. The van der Waals surface area contributed by atoms with E-state index in [0.717, 1.165) is 50.0 Å². The number of carbonyl (C=O) groups excluding carboxylic acids is 1. The maximum Gasteiger partial charge on any atom is 0.267 e. The van der Waals surface area contributed by atoms with Crippen LogP contribution in [0.1, 0.15) is 5.56 Å². The minimum atomic E-state index is -0.433. The topological polar surface area (TPSA) is 87.1 Å². The smallest absolute Gasteiger partial charge is 0.267 e. The fraction of sp³-hybridized carbons (Fsp3) is 0.214. The van der Waals surface area contributed by atoms with Crippen molar-refractivity contribution in [2.45, 2.75) is 6.54 Å². The lowest BCUT2D eigenvalue weighted by Crippen LogP contribution is -2.43. The summed E-state index contributed by atoms with van der Waals surface area (Å²) in [6.45, 7) is 4.20. The molecule has 3 aromatic carbocycles. The number of amides is 1. The van der Waals surface area contributed by atoms with Crippen LogP contribution in [0, 0.1) is 11.3 Å². The highest BCUT2D eigenvalue weighted by Crippen LogP contribution is 2.33. The summed E-state index contributed by atoms with van der Waals surface area (Å²) in [5, 5.41) is 12.4. The van der Waals surface area contributed by atoms with Gasteiger partial charge in [0.2, 0.25) is 6.79 Å². The van der Waals surface area contributed by atoms with Crippen LogP contribution in [-0.4, -0.2) is 48.7 Å². The van der Waals surface area contributed by atoms with Crippen molar-refractivity contribution in [2.24, 2.45) is 0 Å². The molecule has 0 radical (unpaired) electrons. The number of ether oxygens (including phenoxy) is 3. The Bertz CT molecular complexity index is 1280. The lowest BCUT2D eigenvalue weighted by Gasteiger charge is -2.34. The largest absolute Gasteiger partial charge is 0.457 e. The Morgan fingerprint density at radius 2 is 1.67 bits per heavy atom. The first-order valence-electron chi connectivity index (χ1n) is 11.8. The number of nitriles is 1. The van der Waals surface area contributed by atoms with Gasteiger partial charge in [-0.25, -0.2) is 0 Å². The summed E-state index contributed by atoms with van der Waals surface area (Å²) in [5.74, 6) is 2.54. The molecule has 2 heterocycles. The van der Waals surface area contributed by atoms with E-state index in [1.165, 1.54) is 5.56 Å². The van der Waals surface area contributed by atoms with Gasteiger partial charge in [0.1, 0.15) is 23.1 Å². The minimum Gasteiger partial charge on any atom is -0.457 e. The average Bonchev–Trinajstić information content (AvgIpc) is 3.38. The molecule has 1 saturated heterocycles. The number of piperazine rings is 1. The molecular formula is C28H26N4O4. The molecule has 1 fully saturated rings. The Morgan fingerprint density at radius 3 is 2.42 bits per heavy atom. The standard InChI is InChI=1S/C28H26N4O4/c29-17-22(28(33)30-23-7-9-25(10-8-23)36-24-4-2-1-3-5-24)19-32-14-12-31(13-15-32)18-21-6-11-26-27(16-21)35-20-34-26/h1-11,16,19H,12-15,18,20H2,(H,30,33)/b22-19-. The molecule has 8 heteroatoms. The van der Waals surface area contributed by atoms with E-state index in [1.807, 2.05) is 53.4 Å². The van der Waals surface area contributed by atoms with Crippen molar-refractivity contribution >= 4 is 11.6 Å². The normalized spacial score (nSPS) is 15.3. The Labute approximate surface area is 209 Å². The predicted octanol–water partition coefficient (Wildman–Crippen LogP) is 4.37. The number of nitrogens with zero attached hydrogens (tertiary/aromatic N) is 3. The minimum absolute atomic E-state index is 0.0730. The highest BCUT2D eigenvalue weighted by Gasteiger charge is 2.19. The number of benzene rings is 3. The highest BCUT2D eigenvalue weighted by molar-refractivity contribution is 6.06. The molecule has 0 aliphatic carbocycles. The Hall–Kier alpha value is -4.48. The van der Waals surface area contributed by atoms with Crippen LogP contribution in [0.25, 0.3) is 0 Å².